The maximum Gasteiger partial charge on any atom is 0.0714 e. The van der Waals surface area contributed by atoms with E-state index in [2.05, 4.69) is 264 Å². The predicted molar refractivity (Wildman–Crippen MR) is 264 cm³/mol. The molecule has 1 heterocycles. The molecule has 296 valence electrons. The lowest BCUT2D eigenvalue weighted by atomic mass is 9.67. The number of fused-ring (bicyclic) bond motifs is 6. The minimum atomic E-state index is -0.485. The van der Waals surface area contributed by atoms with Gasteiger partial charge in [-0.05, 0) is 116 Å². The third kappa shape index (κ3) is 5.95. The molecule has 11 aromatic rings. The van der Waals surface area contributed by atoms with Gasteiger partial charge in [-0.2, -0.15) is 0 Å². The topological polar surface area (TPSA) is 8.17 Å². The molecule has 1 aliphatic rings. The maximum absolute atomic E-state index is 2.48. The fraction of sp³-hybridized carbons (Fsp3) is 0.0164. The van der Waals surface area contributed by atoms with E-state index in [1.165, 1.54) is 66.3 Å². The first-order chi connectivity index (χ1) is 31.3. The van der Waals surface area contributed by atoms with Crippen LogP contribution in [0.4, 0.5) is 17.1 Å². The number of hydrogen-bond donors (Lipinski definition) is 0. The standard InChI is InChI=1S/C61H42N2/c1-5-18-43(19-6-1)44-32-35-50(36-33-44)62(49-25-11-4-12-26-49)51-27-17-20-45(40-51)46-34-38-56-55-29-14-16-31-59(55)63(60(56)41-46)52-37-39-54-53-28-13-15-30-57(53)61(58(54)42-52,47-21-7-2-8-22-47)48-23-9-3-10-24-48/h1-42H. The van der Waals surface area contributed by atoms with Crippen molar-refractivity contribution in [2.75, 3.05) is 4.90 Å². The molecule has 2 heteroatoms. The number of anilines is 3. The Morgan fingerprint density at radius 3 is 1.57 bits per heavy atom. The van der Waals surface area contributed by atoms with Gasteiger partial charge < -0.3 is 9.47 Å². The molecule has 0 bridgehead atoms. The van der Waals surface area contributed by atoms with Gasteiger partial charge in [0.1, 0.15) is 0 Å². The zero-order chi connectivity index (χ0) is 41.7. The highest BCUT2D eigenvalue weighted by molar-refractivity contribution is 6.10. The van der Waals surface area contributed by atoms with Gasteiger partial charge >= 0.3 is 0 Å². The largest absolute Gasteiger partial charge is 0.310 e. The van der Waals surface area contributed by atoms with E-state index in [0.29, 0.717) is 0 Å². The average Bonchev–Trinajstić information content (AvgIpc) is 3.85. The highest BCUT2D eigenvalue weighted by Gasteiger charge is 2.46. The summed E-state index contributed by atoms with van der Waals surface area (Å²) in [6.45, 7) is 0. The Balaban J connectivity index is 1.02. The van der Waals surface area contributed by atoms with Crippen LogP contribution < -0.4 is 4.90 Å². The first-order valence-electron chi connectivity index (χ1n) is 21.8. The molecular weight excluding hydrogens is 761 g/mol. The second kappa shape index (κ2) is 15.1. The van der Waals surface area contributed by atoms with Crippen LogP contribution in [-0.2, 0) is 5.41 Å². The Morgan fingerprint density at radius 2 is 0.825 bits per heavy atom. The van der Waals surface area contributed by atoms with Crippen LogP contribution in [0.5, 0.6) is 0 Å². The average molecular weight is 803 g/mol. The number of para-hydroxylation sites is 2. The SMILES string of the molecule is c1ccc(-c2ccc(N(c3ccccc3)c3cccc(-c4ccc5c6ccccc6n(-c6ccc7c(c6)C(c6ccccc6)(c6ccccc6)c6ccccc6-7)c5c4)c3)cc2)cc1. The van der Waals surface area contributed by atoms with Crippen LogP contribution in [0.15, 0.2) is 255 Å². The first kappa shape index (κ1) is 36.6. The summed E-state index contributed by atoms with van der Waals surface area (Å²) in [7, 11) is 0. The Morgan fingerprint density at radius 1 is 0.302 bits per heavy atom. The van der Waals surface area contributed by atoms with Crippen molar-refractivity contribution in [3.8, 4) is 39.1 Å². The maximum atomic E-state index is 2.48. The molecule has 0 amide bonds. The van der Waals surface area contributed by atoms with Crippen LogP contribution in [-0.4, -0.2) is 4.57 Å². The molecule has 0 atom stereocenters. The second-order valence-corrected chi connectivity index (χ2v) is 16.5. The highest BCUT2D eigenvalue weighted by atomic mass is 15.1. The van der Waals surface area contributed by atoms with Crippen LogP contribution >= 0.6 is 0 Å². The second-order valence-electron chi connectivity index (χ2n) is 16.5. The van der Waals surface area contributed by atoms with Crippen molar-refractivity contribution in [3.05, 3.63) is 277 Å². The molecule has 0 radical (unpaired) electrons. The molecule has 0 unspecified atom stereocenters. The summed E-state index contributed by atoms with van der Waals surface area (Å²) >= 11 is 0. The van der Waals surface area contributed by atoms with Gasteiger partial charge in [-0.3, -0.25) is 0 Å². The molecule has 0 spiro atoms. The quantitative estimate of drug-likeness (QED) is 0.149. The monoisotopic (exact) mass is 802 g/mol. The van der Waals surface area contributed by atoms with Crippen molar-refractivity contribution in [1.29, 1.82) is 0 Å². The fourth-order valence-corrected chi connectivity index (χ4v) is 10.3. The Bertz CT molecular complexity index is 3380. The van der Waals surface area contributed by atoms with Crippen molar-refractivity contribution in [1.82, 2.24) is 4.57 Å². The summed E-state index contributed by atoms with van der Waals surface area (Å²) in [4.78, 5) is 2.35. The number of aromatic nitrogens is 1. The van der Waals surface area contributed by atoms with Crippen LogP contribution in [0, 0.1) is 0 Å². The van der Waals surface area contributed by atoms with Crippen molar-refractivity contribution >= 4 is 38.9 Å². The van der Waals surface area contributed by atoms with Crippen molar-refractivity contribution < 1.29 is 0 Å². The summed E-state index contributed by atoms with van der Waals surface area (Å²) in [6.07, 6.45) is 0. The van der Waals surface area contributed by atoms with Gasteiger partial charge in [0.2, 0.25) is 0 Å². The molecule has 0 saturated heterocycles. The number of hydrogen-bond acceptors (Lipinski definition) is 1. The lowest BCUT2D eigenvalue weighted by Crippen LogP contribution is -2.28. The smallest absolute Gasteiger partial charge is 0.0714 e. The van der Waals surface area contributed by atoms with E-state index >= 15 is 0 Å². The van der Waals surface area contributed by atoms with Gasteiger partial charge in [0.15, 0.2) is 0 Å². The van der Waals surface area contributed by atoms with Crippen molar-refractivity contribution in [2.24, 2.45) is 0 Å². The Kier molecular flexibility index (Phi) is 8.76. The Labute approximate surface area is 368 Å². The molecule has 12 rings (SSSR count). The normalized spacial score (nSPS) is 12.6. The van der Waals surface area contributed by atoms with Crippen molar-refractivity contribution in [3.63, 3.8) is 0 Å². The number of rotatable bonds is 8. The molecule has 0 fully saturated rings. The first-order valence-corrected chi connectivity index (χ1v) is 21.8. The van der Waals surface area contributed by atoms with Crippen LogP contribution in [0.2, 0.25) is 0 Å². The molecule has 1 aromatic heterocycles. The summed E-state index contributed by atoms with van der Waals surface area (Å²) in [5.74, 6) is 0. The van der Waals surface area contributed by atoms with E-state index in [1.807, 2.05) is 0 Å². The lowest BCUT2D eigenvalue weighted by Gasteiger charge is -2.34. The molecule has 10 aromatic carbocycles. The van der Waals surface area contributed by atoms with E-state index in [0.717, 1.165) is 33.9 Å². The van der Waals surface area contributed by atoms with Crippen LogP contribution in [0.3, 0.4) is 0 Å². The van der Waals surface area contributed by atoms with E-state index in [9.17, 15) is 0 Å². The minimum Gasteiger partial charge on any atom is -0.310 e. The fourth-order valence-electron chi connectivity index (χ4n) is 10.3. The van der Waals surface area contributed by atoms with E-state index in [4.69, 9.17) is 0 Å². The molecule has 63 heavy (non-hydrogen) atoms. The highest BCUT2D eigenvalue weighted by Crippen LogP contribution is 2.56. The summed E-state index contributed by atoms with van der Waals surface area (Å²) in [5.41, 5.74) is 18.8. The predicted octanol–water partition coefficient (Wildman–Crippen LogP) is 16.0. The number of benzene rings is 10. The van der Waals surface area contributed by atoms with Crippen LogP contribution in [0.25, 0.3) is 60.9 Å². The third-order valence-corrected chi connectivity index (χ3v) is 13.1. The van der Waals surface area contributed by atoms with Gasteiger partial charge in [0.05, 0.1) is 16.4 Å². The van der Waals surface area contributed by atoms with Crippen molar-refractivity contribution in [2.45, 2.75) is 5.41 Å². The lowest BCUT2D eigenvalue weighted by molar-refractivity contribution is 0.767. The van der Waals surface area contributed by atoms with E-state index < -0.39 is 5.41 Å². The zero-order valence-corrected chi connectivity index (χ0v) is 34.6. The van der Waals surface area contributed by atoms with E-state index in [1.54, 1.807) is 0 Å². The van der Waals surface area contributed by atoms with Crippen LogP contribution in [0.1, 0.15) is 22.3 Å². The summed E-state index contributed by atoms with van der Waals surface area (Å²) in [5, 5.41) is 2.47. The van der Waals surface area contributed by atoms with Gasteiger partial charge in [-0.25, -0.2) is 0 Å². The number of nitrogens with zero attached hydrogens (tertiary/aromatic N) is 2. The summed E-state index contributed by atoms with van der Waals surface area (Å²) in [6, 6.07) is 93.2. The van der Waals surface area contributed by atoms with Gasteiger partial charge in [-0.1, -0.05) is 194 Å². The molecule has 0 N–H and O–H groups in total. The molecule has 1 aliphatic carbocycles. The zero-order valence-electron chi connectivity index (χ0n) is 34.6. The summed E-state index contributed by atoms with van der Waals surface area (Å²) < 4.78 is 2.48. The third-order valence-electron chi connectivity index (χ3n) is 13.1. The van der Waals surface area contributed by atoms with Gasteiger partial charge in [-0.15, -0.1) is 0 Å². The minimum absolute atomic E-state index is 0.485. The molecule has 2 nitrogen and oxygen atoms in total. The van der Waals surface area contributed by atoms with E-state index in [-0.39, 0.29) is 0 Å². The Hall–Kier alpha value is -8.20. The van der Waals surface area contributed by atoms with Gasteiger partial charge in [0, 0.05) is 33.5 Å². The van der Waals surface area contributed by atoms with Gasteiger partial charge in [0.25, 0.3) is 0 Å². The molecular formula is C61H42N2. The molecule has 0 saturated carbocycles. The molecule has 0 aliphatic heterocycles.